The molecule has 0 atom stereocenters. The molecule has 2 aromatic rings. The third-order valence-electron chi connectivity index (χ3n) is 4.11. The summed E-state index contributed by atoms with van der Waals surface area (Å²) in [7, 11) is -3.55. The summed E-state index contributed by atoms with van der Waals surface area (Å²) in [6.07, 6.45) is 4.70. The van der Waals surface area contributed by atoms with Crippen LogP contribution < -0.4 is 9.62 Å². The average molecular weight is 407 g/mol. The average Bonchev–Trinajstić information content (AvgIpc) is 2.64. The summed E-state index contributed by atoms with van der Waals surface area (Å²) < 4.78 is 25.4. The highest BCUT2D eigenvalue weighted by Gasteiger charge is 2.20. The van der Waals surface area contributed by atoms with Gasteiger partial charge in [-0.3, -0.25) is 9.10 Å². The lowest BCUT2D eigenvalue weighted by atomic mass is 10.1. The van der Waals surface area contributed by atoms with E-state index in [1.165, 1.54) is 22.9 Å². The molecule has 0 aliphatic carbocycles. The van der Waals surface area contributed by atoms with E-state index in [0.29, 0.717) is 12.2 Å². The van der Waals surface area contributed by atoms with Gasteiger partial charge in [0.25, 0.3) is 0 Å². The molecule has 1 N–H and O–H groups in total. The van der Waals surface area contributed by atoms with Crippen LogP contribution in [0.5, 0.6) is 0 Å². The van der Waals surface area contributed by atoms with Gasteiger partial charge in [0.15, 0.2) is 0 Å². The van der Waals surface area contributed by atoms with Crippen LogP contribution in [-0.2, 0) is 21.2 Å². The van der Waals surface area contributed by atoms with Crippen LogP contribution in [0.15, 0.2) is 53.4 Å². The number of sulfonamides is 1. The van der Waals surface area contributed by atoms with E-state index >= 15 is 0 Å². The maximum absolute atomic E-state index is 12.3. The topological polar surface area (TPSA) is 66.5 Å². The number of thioether (sulfide) groups is 1. The summed E-state index contributed by atoms with van der Waals surface area (Å²) in [4.78, 5) is 13.2. The van der Waals surface area contributed by atoms with Gasteiger partial charge in [-0.1, -0.05) is 35.9 Å². The Balaban J connectivity index is 1.91. The number of hydrogen-bond donors (Lipinski definition) is 1. The van der Waals surface area contributed by atoms with Gasteiger partial charge in [-0.25, -0.2) is 8.42 Å². The van der Waals surface area contributed by atoms with E-state index < -0.39 is 10.0 Å². The number of carbonyl (C=O) groups is 1. The minimum Gasteiger partial charge on any atom is -0.355 e. The third kappa shape index (κ3) is 6.92. The van der Waals surface area contributed by atoms with Crippen LogP contribution in [0.3, 0.4) is 0 Å². The number of hydrogen-bond acceptors (Lipinski definition) is 4. The van der Waals surface area contributed by atoms with Gasteiger partial charge >= 0.3 is 0 Å². The monoisotopic (exact) mass is 406 g/mol. The van der Waals surface area contributed by atoms with E-state index in [-0.39, 0.29) is 12.5 Å². The first-order valence-electron chi connectivity index (χ1n) is 8.73. The van der Waals surface area contributed by atoms with E-state index in [2.05, 4.69) is 29.6 Å². The van der Waals surface area contributed by atoms with Crippen LogP contribution in [-0.4, -0.2) is 39.9 Å². The van der Waals surface area contributed by atoms with Crippen LogP contribution in [0, 0.1) is 6.92 Å². The Kier molecular flexibility index (Phi) is 7.74. The van der Waals surface area contributed by atoms with Crippen molar-refractivity contribution in [1.29, 1.82) is 0 Å². The molecule has 0 bridgehead atoms. The van der Waals surface area contributed by atoms with Gasteiger partial charge in [-0.15, -0.1) is 11.8 Å². The van der Waals surface area contributed by atoms with E-state index in [1.807, 2.05) is 19.2 Å². The smallest absolute Gasteiger partial charge is 0.240 e. The minimum atomic E-state index is -3.55. The molecule has 2 rings (SSSR count). The molecule has 146 valence electrons. The number of anilines is 1. The first kappa shape index (κ1) is 21.3. The molecule has 0 saturated heterocycles. The van der Waals surface area contributed by atoms with E-state index in [0.717, 1.165) is 28.3 Å². The van der Waals surface area contributed by atoms with Gasteiger partial charge in [0.05, 0.1) is 11.9 Å². The number of carbonyl (C=O) groups excluding carboxylic acids is 1. The maximum atomic E-state index is 12.3. The van der Waals surface area contributed by atoms with Crippen molar-refractivity contribution in [2.24, 2.45) is 0 Å². The molecule has 27 heavy (non-hydrogen) atoms. The second-order valence-corrected chi connectivity index (χ2v) is 9.20. The molecule has 0 fully saturated rings. The van der Waals surface area contributed by atoms with Gasteiger partial charge in [0.2, 0.25) is 15.9 Å². The molecule has 7 heteroatoms. The molecule has 0 saturated carbocycles. The van der Waals surface area contributed by atoms with Crippen molar-refractivity contribution in [3.8, 4) is 0 Å². The second kappa shape index (κ2) is 9.80. The van der Waals surface area contributed by atoms with Crippen LogP contribution >= 0.6 is 11.8 Å². The zero-order valence-corrected chi connectivity index (χ0v) is 17.6. The SMILES string of the molecule is CSc1cccc(N(CC(=O)NCCCc2ccc(C)cc2)S(C)(=O)=O)c1. The van der Waals surface area contributed by atoms with E-state index in [9.17, 15) is 13.2 Å². The van der Waals surface area contributed by atoms with Gasteiger partial charge in [0.1, 0.15) is 6.54 Å². The molecule has 0 unspecified atom stereocenters. The number of nitrogens with zero attached hydrogens (tertiary/aromatic N) is 1. The van der Waals surface area contributed by atoms with Crippen LogP contribution in [0.2, 0.25) is 0 Å². The van der Waals surface area contributed by atoms with Crippen molar-refractivity contribution >= 4 is 33.4 Å². The van der Waals surface area contributed by atoms with Crippen LogP contribution in [0.25, 0.3) is 0 Å². The molecule has 0 aromatic heterocycles. The molecule has 0 heterocycles. The largest absolute Gasteiger partial charge is 0.355 e. The molecule has 0 aliphatic rings. The fourth-order valence-electron chi connectivity index (χ4n) is 2.63. The molecule has 1 amide bonds. The Bertz CT molecular complexity index is 865. The number of nitrogens with one attached hydrogen (secondary N) is 1. The Morgan fingerprint density at radius 1 is 1.15 bits per heavy atom. The van der Waals surface area contributed by atoms with Crippen molar-refractivity contribution in [1.82, 2.24) is 5.32 Å². The molecule has 5 nitrogen and oxygen atoms in total. The predicted molar refractivity (Wildman–Crippen MR) is 113 cm³/mol. The van der Waals surface area contributed by atoms with Crippen LogP contribution in [0.1, 0.15) is 17.5 Å². The Morgan fingerprint density at radius 3 is 2.48 bits per heavy atom. The van der Waals surface area contributed by atoms with Gasteiger partial charge < -0.3 is 5.32 Å². The summed E-state index contributed by atoms with van der Waals surface area (Å²) in [6.45, 7) is 2.34. The second-order valence-electron chi connectivity index (χ2n) is 6.41. The van der Waals surface area contributed by atoms with Crippen molar-refractivity contribution < 1.29 is 13.2 Å². The van der Waals surface area contributed by atoms with Gasteiger partial charge in [-0.2, -0.15) is 0 Å². The standard InChI is InChI=1S/C20H26N2O3S2/c1-16-9-11-17(12-10-16)6-5-13-21-20(23)15-22(27(3,24)25)18-7-4-8-19(14-18)26-2/h4,7-12,14H,5-6,13,15H2,1-3H3,(H,21,23). The summed E-state index contributed by atoms with van der Waals surface area (Å²) >= 11 is 1.52. The molecule has 2 aromatic carbocycles. The quantitative estimate of drug-likeness (QED) is 0.513. The first-order valence-corrected chi connectivity index (χ1v) is 11.8. The molecule has 0 radical (unpaired) electrons. The van der Waals surface area contributed by atoms with Crippen molar-refractivity contribution in [2.45, 2.75) is 24.7 Å². The normalized spacial score (nSPS) is 11.2. The molecule has 0 spiro atoms. The number of aryl methyl sites for hydroxylation is 2. The third-order valence-corrected chi connectivity index (χ3v) is 5.98. The lowest BCUT2D eigenvalue weighted by Crippen LogP contribution is -2.40. The fraction of sp³-hybridized carbons (Fsp3) is 0.350. The zero-order chi connectivity index (χ0) is 19.9. The Morgan fingerprint density at radius 2 is 1.85 bits per heavy atom. The number of rotatable bonds is 9. The summed E-state index contributed by atoms with van der Waals surface area (Å²) in [5.41, 5.74) is 2.94. The highest BCUT2D eigenvalue weighted by molar-refractivity contribution is 7.98. The Hall–Kier alpha value is -1.99. The maximum Gasteiger partial charge on any atom is 0.240 e. The molecular formula is C20H26N2O3S2. The number of amides is 1. The lowest BCUT2D eigenvalue weighted by Gasteiger charge is -2.22. The van der Waals surface area contributed by atoms with Crippen molar-refractivity contribution in [2.75, 3.05) is 29.9 Å². The molecular weight excluding hydrogens is 380 g/mol. The van der Waals surface area contributed by atoms with Crippen molar-refractivity contribution in [3.05, 3.63) is 59.7 Å². The van der Waals surface area contributed by atoms with Gasteiger partial charge in [-0.05, 0) is 49.8 Å². The minimum absolute atomic E-state index is 0.221. The fourth-order valence-corrected chi connectivity index (χ4v) is 3.93. The highest BCUT2D eigenvalue weighted by Crippen LogP contribution is 2.23. The van der Waals surface area contributed by atoms with Crippen LogP contribution in [0.4, 0.5) is 5.69 Å². The Labute approximate surface area is 166 Å². The van der Waals surface area contributed by atoms with E-state index in [1.54, 1.807) is 18.2 Å². The highest BCUT2D eigenvalue weighted by atomic mass is 32.2. The predicted octanol–water partition coefficient (Wildman–Crippen LogP) is 3.23. The van der Waals surface area contributed by atoms with E-state index in [4.69, 9.17) is 0 Å². The summed E-state index contributed by atoms with van der Waals surface area (Å²) in [6, 6.07) is 15.5. The summed E-state index contributed by atoms with van der Waals surface area (Å²) in [5.74, 6) is -0.307. The first-order chi connectivity index (χ1) is 12.8. The molecule has 0 aliphatic heterocycles. The zero-order valence-electron chi connectivity index (χ0n) is 15.9. The van der Waals surface area contributed by atoms with Crippen molar-refractivity contribution in [3.63, 3.8) is 0 Å². The van der Waals surface area contributed by atoms with Gasteiger partial charge in [0, 0.05) is 11.4 Å². The summed E-state index contributed by atoms with van der Waals surface area (Å²) in [5, 5.41) is 2.81. The number of benzene rings is 2. The lowest BCUT2D eigenvalue weighted by molar-refractivity contribution is -0.119.